The lowest BCUT2D eigenvalue weighted by molar-refractivity contribution is 0.377. The van der Waals surface area contributed by atoms with Crippen LogP contribution in [0.15, 0.2) is 0 Å². The highest BCUT2D eigenvalue weighted by molar-refractivity contribution is 7.57. The quantitative estimate of drug-likeness (QED) is 0.259. The fourth-order valence-electron chi connectivity index (χ4n) is 2.83. The normalized spacial score (nSPS) is 25.3. The zero-order valence-electron chi connectivity index (χ0n) is 16.0. The summed E-state index contributed by atoms with van der Waals surface area (Å²) in [5.41, 5.74) is 0. The highest BCUT2D eigenvalue weighted by atomic mass is 35.5. The molecule has 0 aromatic heterocycles. The molecule has 2 fully saturated rings. The molecule has 0 aromatic rings. The highest BCUT2D eigenvalue weighted by Crippen LogP contribution is 2.43. The third kappa shape index (κ3) is 9.25. The minimum absolute atomic E-state index is 0.459. The second-order valence-electron chi connectivity index (χ2n) is 6.15. The van der Waals surface area contributed by atoms with Crippen LogP contribution >= 0.6 is 61.6 Å². The third-order valence-electron chi connectivity index (χ3n) is 4.17. The van der Waals surface area contributed by atoms with Gasteiger partial charge in [-0.05, 0) is 12.8 Å². The summed E-state index contributed by atoms with van der Waals surface area (Å²) in [6, 6.07) is 0. The lowest BCUT2D eigenvalue weighted by Crippen LogP contribution is -2.42. The van der Waals surface area contributed by atoms with E-state index in [4.69, 9.17) is 46.4 Å². The maximum Gasteiger partial charge on any atom is 0.281 e. The Morgan fingerprint density at radius 2 is 1.46 bits per heavy atom. The van der Waals surface area contributed by atoms with Crippen LogP contribution in [-0.4, -0.2) is 85.2 Å². The number of nitrogens with one attached hydrogen (secondary N) is 4. The average molecular weight is 520 g/mol. The van der Waals surface area contributed by atoms with Gasteiger partial charge in [-0.3, -0.25) is 9.13 Å². The van der Waals surface area contributed by atoms with Gasteiger partial charge in [-0.15, -0.1) is 46.4 Å². The Balaban J connectivity index is 0.000000280. The number of nitrogens with zero attached hydrogens (tertiary/aromatic N) is 2. The lowest BCUT2D eigenvalue weighted by Gasteiger charge is -2.35. The first-order valence-corrected chi connectivity index (χ1v) is 14.9. The van der Waals surface area contributed by atoms with Crippen LogP contribution in [0.5, 0.6) is 0 Å². The van der Waals surface area contributed by atoms with E-state index < -0.39 is 15.2 Å². The Morgan fingerprint density at radius 3 is 2.00 bits per heavy atom. The van der Waals surface area contributed by atoms with Crippen molar-refractivity contribution in [2.24, 2.45) is 0 Å². The second-order valence-corrected chi connectivity index (χ2v) is 12.4. The smallest absolute Gasteiger partial charge is 0.271 e. The van der Waals surface area contributed by atoms with Crippen LogP contribution in [0.25, 0.3) is 0 Å². The van der Waals surface area contributed by atoms with Crippen molar-refractivity contribution in [1.82, 2.24) is 29.7 Å². The molecule has 14 heteroatoms. The summed E-state index contributed by atoms with van der Waals surface area (Å²) < 4.78 is 28.3. The predicted molar refractivity (Wildman–Crippen MR) is 122 cm³/mol. The number of rotatable bonds is 10. The molecule has 0 bridgehead atoms. The van der Waals surface area contributed by atoms with E-state index in [-0.39, 0.29) is 0 Å². The summed E-state index contributed by atoms with van der Waals surface area (Å²) in [4.78, 5) is 0. The van der Waals surface area contributed by atoms with E-state index in [1.165, 1.54) is 0 Å². The van der Waals surface area contributed by atoms with Crippen LogP contribution in [0.2, 0.25) is 0 Å². The SMILES string of the molecule is O=P1(N(CCCl)CCCl)NCCCN1.O=P1(NCCCl)NCCCN1CCCl. The molecule has 0 radical (unpaired) electrons. The molecule has 2 aliphatic rings. The molecule has 1 atom stereocenters. The molecular weight excluding hydrogens is 488 g/mol. The van der Waals surface area contributed by atoms with Crippen LogP contribution < -0.4 is 20.3 Å². The fraction of sp³-hybridized carbons (Fsp3) is 1.00. The topological polar surface area (TPSA) is 88.7 Å². The maximum atomic E-state index is 12.3. The van der Waals surface area contributed by atoms with Crippen LogP contribution in [-0.2, 0) is 9.13 Å². The molecule has 28 heavy (non-hydrogen) atoms. The molecule has 2 heterocycles. The third-order valence-corrected chi connectivity index (χ3v) is 9.87. The van der Waals surface area contributed by atoms with E-state index in [1.54, 1.807) is 0 Å². The summed E-state index contributed by atoms with van der Waals surface area (Å²) in [5.74, 6) is 1.88. The van der Waals surface area contributed by atoms with Gasteiger partial charge in [-0.2, -0.15) is 0 Å². The summed E-state index contributed by atoms with van der Waals surface area (Å²) in [6.45, 7) is 5.54. The van der Waals surface area contributed by atoms with Crippen molar-refractivity contribution in [3.05, 3.63) is 0 Å². The number of hydrogen-bond donors (Lipinski definition) is 4. The number of alkyl halides is 4. The van der Waals surface area contributed by atoms with Crippen molar-refractivity contribution in [3.8, 4) is 0 Å². The molecule has 0 spiro atoms. The Morgan fingerprint density at radius 1 is 0.857 bits per heavy atom. The van der Waals surface area contributed by atoms with Crippen molar-refractivity contribution in [2.75, 3.05) is 75.9 Å². The van der Waals surface area contributed by atoms with E-state index >= 15 is 0 Å². The van der Waals surface area contributed by atoms with Crippen LogP contribution in [0, 0.1) is 0 Å². The Hall–Kier alpha value is 1.38. The first-order valence-electron chi connectivity index (χ1n) is 9.41. The zero-order chi connectivity index (χ0) is 20.9. The van der Waals surface area contributed by atoms with Gasteiger partial charge < -0.3 is 0 Å². The van der Waals surface area contributed by atoms with Crippen molar-refractivity contribution in [3.63, 3.8) is 0 Å². The van der Waals surface area contributed by atoms with Crippen LogP contribution in [0.4, 0.5) is 0 Å². The molecule has 8 nitrogen and oxygen atoms in total. The van der Waals surface area contributed by atoms with Crippen LogP contribution in [0.3, 0.4) is 0 Å². The standard InChI is InChI=1S/2C7H16Cl2N3OP/c8-2-5-11-14(13)10-4-1-6-12(14)7-3-9;8-2-6-12(7-3-9)14(13)10-4-1-5-11-14/h2*1-7H2,(H2,10,11,13). The molecule has 0 aromatic carbocycles. The van der Waals surface area contributed by atoms with Gasteiger partial charge in [0, 0.05) is 75.9 Å². The summed E-state index contributed by atoms with van der Waals surface area (Å²) in [5, 5.41) is 12.0. The monoisotopic (exact) mass is 518 g/mol. The summed E-state index contributed by atoms with van der Waals surface area (Å²) >= 11 is 22.5. The van der Waals surface area contributed by atoms with Crippen molar-refractivity contribution in [1.29, 1.82) is 0 Å². The van der Waals surface area contributed by atoms with Crippen molar-refractivity contribution >= 4 is 61.6 Å². The summed E-state index contributed by atoms with van der Waals surface area (Å²) in [6.07, 6.45) is 2.00. The van der Waals surface area contributed by atoms with Gasteiger partial charge in [0.1, 0.15) is 0 Å². The van der Waals surface area contributed by atoms with Gasteiger partial charge in [0.05, 0.1) is 0 Å². The molecule has 0 amide bonds. The highest BCUT2D eigenvalue weighted by Gasteiger charge is 2.32. The van der Waals surface area contributed by atoms with E-state index in [0.29, 0.717) is 49.7 Å². The molecule has 0 aliphatic carbocycles. The molecule has 168 valence electrons. The lowest BCUT2D eigenvalue weighted by atomic mass is 10.4. The number of hydrogen-bond acceptors (Lipinski definition) is 2. The molecule has 2 rings (SSSR count). The van der Waals surface area contributed by atoms with E-state index in [0.717, 1.165) is 39.0 Å². The van der Waals surface area contributed by atoms with Crippen molar-refractivity contribution < 1.29 is 9.13 Å². The summed E-state index contributed by atoms with van der Waals surface area (Å²) in [7, 11) is -5.18. The Kier molecular flexibility index (Phi) is 14.9. The predicted octanol–water partition coefficient (Wildman–Crippen LogP) is 2.91. The van der Waals surface area contributed by atoms with Gasteiger partial charge in [0.25, 0.3) is 15.2 Å². The van der Waals surface area contributed by atoms with Gasteiger partial charge in [0.2, 0.25) is 0 Å². The molecular formula is C14H32Cl4N6O2P2. The first kappa shape index (κ1) is 27.4. The largest absolute Gasteiger partial charge is 0.281 e. The van der Waals surface area contributed by atoms with Gasteiger partial charge in [-0.25, -0.2) is 29.7 Å². The molecule has 2 saturated heterocycles. The van der Waals surface area contributed by atoms with Gasteiger partial charge >= 0.3 is 0 Å². The van der Waals surface area contributed by atoms with Crippen molar-refractivity contribution in [2.45, 2.75) is 12.8 Å². The molecule has 0 saturated carbocycles. The second kappa shape index (κ2) is 15.2. The first-order chi connectivity index (χ1) is 13.5. The fourth-order valence-corrected chi connectivity index (χ4v) is 8.41. The van der Waals surface area contributed by atoms with Gasteiger partial charge in [0.15, 0.2) is 0 Å². The Bertz CT molecular complexity index is 494. The molecule has 4 N–H and O–H groups in total. The maximum absolute atomic E-state index is 12.3. The minimum Gasteiger partial charge on any atom is -0.271 e. The average Bonchev–Trinajstić information content (AvgIpc) is 2.69. The number of halogens is 4. The molecule has 2 aliphatic heterocycles. The van der Waals surface area contributed by atoms with E-state index in [1.807, 2.05) is 9.34 Å². The van der Waals surface area contributed by atoms with Crippen LogP contribution in [0.1, 0.15) is 12.8 Å². The van der Waals surface area contributed by atoms with E-state index in [9.17, 15) is 9.13 Å². The molecule has 1 unspecified atom stereocenters. The van der Waals surface area contributed by atoms with Gasteiger partial charge in [-0.1, -0.05) is 0 Å². The Labute approximate surface area is 188 Å². The van der Waals surface area contributed by atoms with E-state index in [2.05, 4.69) is 20.3 Å². The minimum atomic E-state index is -2.59. The zero-order valence-corrected chi connectivity index (χ0v) is 20.8.